The molecule has 154 valence electrons. The maximum absolute atomic E-state index is 12.5. The van der Waals surface area contributed by atoms with E-state index in [2.05, 4.69) is 10.2 Å². The number of carbonyl (C=O) groups excluding carboxylic acids is 2. The topological polar surface area (TPSA) is 80.3 Å². The quantitative estimate of drug-likeness (QED) is 0.699. The first kappa shape index (κ1) is 21.6. The number of carbonyl (C=O) groups is 2. The fraction of sp³-hybridized carbons (Fsp3) is 0.500. The molecule has 1 aromatic rings. The molecule has 28 heavy (non-hydrogen) atoms. The number of benzene rings is 1. The third-order valence-electron chi connectivity index (χ3n) is 4.90. The minimum absolute atomic E-state index is 0.0120. The molecule has 1 aliphatic rings. The van der Waals surface area contributed by atoms with Crippen molar-refractivity contribution in [1.29, 1.82) is 0 Å². The second-order valence-corrected chi connectivity index (χ2v) is 6.44. The Balaban J connectivity index is 2.02. The molecular weight excluding hydrogens is 362 g/mol. The summed E-state index contributed by atoms with van der Waals surface area (Å²) in [5.41, 5.74) is 0.773. The molecule has 1 unspecified atom stereocenters. The maximum Gasteiger partial charge on any atom is 0.246 e. The van der Waals surface area contributed by atoms with Gasteiger partial charge in [-0.1, -0.05) is 0 Å². The largest absolute Gasteiger partial charge is 0.493 e. The van der Waals surface area contributed by atoms with Crippen LogP contribution in [0.5, 0.6) is 17.2 Å². The van der Waals surface area contributed by atoms with Gasteiger partial charge in [0, 0.05) is 39.3 Å². The Hall–Kier alpha value is -2.74. The predicted octanol–water partition coefficient (Wildman–Crippen LogP) is 1.00. The van der Waals surface area contributed by atoms with Gasteiger partial charge in [0.1, 0.15) is 0 Å². The van der Waals surface area contributed by atoms with Crippen molar-refractivity contribution in [2.45, 2.75) is 13.0 Å². The maximum atomic E-state index is 12.5. The number of piperazine rings is 1. The molecule has 1 saturated heterocycles. The summed E-state index contributed by atoms with van der Waals surface area (Å²) in [5, 5.41) is 2.66. The zero-order valence-electron chi connectivity index (χ0n) is 17.2. The van der Waals surface area contributed by atoms with Crippen LogP contribution in [0.4, 0.5) is 0 Å². The van der Waals surface area contributed by atoms with Crippen molar-refractivity contribution in [1.82, 2.24) is 15.1 Å². The summed E-state index contributed by atoms with van der Waals surface area (Å²) in [4.78, 5) is 28.1. The Labute approximate surface area is 166 Å². The number of ether oxygens (including phenoxy) is 3. The SMILES string of the molecule is CNC(=O)C(C)N1CCN(C(=O)C=Cc2cc(OC)c(OC)c(OC)c2)CC1. The number of rotatable bonds is 7. The minimum atomic E-state index is -0.197. The lowest BCUT2D eigenvalue weighted by atomic mass is 10.1. The molecule has 1 N–H and O–H groups in total. The normalized spacial score (nSPS) is 16.0. The van der Waals surface area contributed by atoms with E-state index in [-0.39, 0.29) is 17.9 Å². The van der Waals surface area contributed by atoms with Crippen LogP contribution >= 0.6 is 0 Å². The van der Waals surface area contributed by atoms with Crippen LogP contribution in [0.15, 0.2) is 18.2 Å². The Morgan fingerprint density at radius 1 is 1.04 bits per heavy atom. The van der Waals surface area contributed by atoms with Crippen molar-refractivity contribution in [3.05, 3.63) is 23.8 Å². The van der Waals surface area contributed by atoms with E-state index in [1.165, 1.54) is 0 Å². The van der Waals surface area contributed by atoms with Crippen LogP contribution in [-0.2, 0) is 9.59 Å². The number of likely N-dealkylation sites (N-methyl/N-ethyl adjacent to an activating group) is 1. The van der Waals surface area contributed by atoms with Crippen molar-refractivity contribution in [2.75, 3.05) is 54.6 Å². The Kier molecular flexibility index (Phi) is 7.69. The fourth-order valence-electron chi connectivity index (χ4n) is 3.17. The third-order valence-corrected chi connectivity index (χ3v) is 4.90. The summed E-state index contributed by atoms with van der Waals surface area (Å²) >= 11 is 0. The molecule has 8 nitrogen and oxygen atoms in total. The highest BCUT2D eigenvalue weighted by atomic mass is 16.5. The van der Waals surface area contributed by atoms with Crippen LogP contribution in [0.3, 0.4) is 0 Å². The molecule has 0 aliphatic carbocycles. The van der Waals surface area contributed by atoms with Crippen molar-refractivity contribution >= 4 is 17.9 Å². The summed E-state index contributed by atoms with van der Waals surface area (Å²) in [7, 11) is 6.28. The van der Waals surface area contributed by atoms with E-state index in [1.54, 1.807) is 57.6 Å². The lowest BCUT2D eigenvalue weighted by Crippen LogP contribution is -2.54. The fourth-order valence-corrected chi connectivity index (χ4v) is 3.17. The lowest BCUT2D eigenvalue weighted by Gasteiger charge is -2.36. The van der Waals surface area contributed by atoms with Crippen LogP contribution in [0.1, 0.15) is 12.5 Å². The van der Waals surface area contributed by atoms with Crippen molar-refractivity contribution in [2.24, 2.45) is 0 Å². The first-order chi connectivity index (χ1) is 13.4. The monoisotopic (exact) mass is 391 g/mol. The Bertz CT molecular complexity index is 702. The number of nitrogens with one attached hydrogen (secondary N) is 1. The van der Waals surface area contributed by atoms with E-state index in [9.17, 15) is 9.59 Å². The zero-order chi connectivity index (χ0) is 20.7. The molecule has 0 spiro atoms. The molecule has 0 aromatic heterocycles. The van der Waals surface area contributed by atoms with E-state index in [4.69, 9.17) is 14.2 Å². The van der Waals surface area contributed by atoms with Crippen LogP contribution in [0.2, 0.25) is 0 Å². The highest BCUT2D eigenvalue weighted by molar-refractivity contribution is 5.92. The molecule has 2 rings (SSSR count). The number of hydrogen-bond donors (Lipinski definition) is 1. The number of hydrogen-bond acceptors (Lipinski definition) is 6. The van der Waals surface area contributed by atoms with Crippen LogP contribution in [0, 0.1) is 0 Å². The molecule has 0 bridgehead atoms. The Morgan fingerprint density at radius 3 is 2.07 bits per heavy atom. The van der Waals surface area contributed by atoms with Gasteiger partial charge < -0.3 is 24.4 Å². The second-order valence-electron chi connectivity index (χ2n) is 6.44. The summed E-state index contributed by atoms with van der Waals surface area (Å²) < 4.78 is 16.0. The van der Waals surface area contributed by atoms with E-state index >= 15 is 0 Å². The molecule has 0 radical (unpaired) electrons. The minimum Gasteiger partial charge on any atom is -0.493 e. The predicted molar refractivity (Wildman–Crippen MR) is 107 cm³/mol. The number of nitrogens with zero attached hydrogens (tertiary/aromatic N) is 2. The first-order valence-corrected chi connectivity index (χ1v) is 9.17. The zero-order valence-corrected chi connectivity index (χ0v) is 17.2. The van der Waals surface area contributed by atoms with Gasteiger partial charge in [-0.3, -0.25) is 14.5 Å². The van der Waals surface area contributed by atoms with Crippen LogP contribution < -0.4 is 19.5 Å². The van der Waals surface area contributed by atoms with Gasteiger partial charge in [-0.2, -0.15) is 0 Å². The molecule has 2 amide bonds. The number of amides is 2. The smallest absolute Gasteiger partial charge is 0.246 e. The van der Waals surface area contributed by atoms with E-state index in [1.807, 2.05) is 6.92 Å². The van der Waals surface area contributed by atoms with E-state index < -0.39 is 0 Å². The van der Waals surface area contributed by atoms with Crippen LogP contribution in [-0.4, -0.2) is 82.2 Å². The average molecular weight is 391 g/mol. The number of methoxy groups -OCH3 is 3. The van der Waals surface area contributed by atoms with Crippen molar-refractivity contribution in [3.8, 4) is 17.2 Å². The molecule has 1 heterocycles. The average Bonchev–Trinajstić information content (AvgIpc) is 2.75. The molecular formula is C20H29N3O5. The van der Waals surface area contributed by atoms with Gasteiger partial charge in [-0.05, 0) is 30.7 Å². The second kappa shape index (κ2) is 9.98. The summed E-state index contributed by atoms with van der Waals surface area (Å²) in [6.07, 6.45) is 3.27. The van der Waals surface area contributed by atoms with Gasteiger partial charge in [0.2, 0.25) is 17.6 Å². The molecule has 1 aliphatic heterocycles. The lowest BCUT2D eigenvalue weighted by molar-refractivity contribution is -0.130. The highest BCUT2D eigenvalue weighted by Crippen LogP contribution is 2.38. The standard InChI is InChI=1S/C20H29N3O5/c1-14(20(25)21-2)22-8-10-23(11-9-22)18(24)7-6-15-12-16(26-3)19(28-5)17(13-15)27-4/h6-7,12-14H,8-11H2,1-5H3,(H,21,25). The molecule has 8 heteroatoms. The molecule has 1 atom stereocenters. The molecule has 1 fully saturated rings. The molecule has 0 saturated carbocycles. The van der Waals surface area contributed by atoms with E-state index in [0.717, 1.165) is 5.56 Å². The Morgan fingerprint density at radius 2 is 1.61 bits per heavy atom. The van der Waals surface area contributed by atoms with E-state index in [0.29, 0.717) is 43.4 Å². The summed E-state index contributed by atoms with van der Waals surface area (Å²) in [6.45, 7) is 4.37. The third kappa shape index (κ3) is 4.95. The van der Waals surface area contributed by atoms with Gasteiger partial charge in [0.25, 0.3) is 0 Å². The summed E-state index contributed by atoms with van der Waals surface area (Å²) in [5.74, 6) is 1.49. The van der Waals surface area contributed by atoms with Gasteiger partial charge in [-0.15, -0.1) is 0 Å². The first-order valence-electron chi connectivity index (χ1n) is 9.17. The van der Waals surface area contributed by atoms with Gasteiger partial charge in [0.15, 0.2) is 11.5 Å². The highest BCUT2D eigenvalue weighted by Gasteiger charge is 2.26. The van der Waals surface area contributed by atoms with Gasteiger partial charge >= 0.3 is 0 Å². The van der Waals surface area contributed by atoms with Gasteiger partial charge in [0.05, 0.1) is 27.4 Å². The van der Waals surface area contributed by atoms with Crippen molar-refractivity contribution in [3.63, 3.8) is 0 Å². The van der Waals surface area contributed by atoms with Crippen LogP contribution in [0.25, 0.3) is 6.08 Å². The van der Waals surface area contributed by atoms with Gasteiger partial charge in [-0.25, -0.2) is 0 Å². The van der Waals surface area contributed by atoms with Crippen molar-refractivity contribution < 1.29 is 23.8 Å². The molecule has 1 aromatic carbocycles. The summed E-state index contributed by atoms with van der Waals surface area (Å²) in [6, 6.07) is 3.37.